The van der Waals surface area contributed by atoms with Crippen LogP contribution in [0.4, 0.5) is 0 Å². The lowest BCUT2D eigenvalue weighted by molar-refractivity contribution is 0.0936. The highest BCUT2D eigenvalue weighted by Gasteiger charge is 2.17. The molecule has 3 rings (SSSR count). The first kappa shape index (κ1) is 21.6. The van der Waals surface area contributed by atoms with Crippen molar-refractivity contribution >= 4 is 47.1 Å². The van der Waals surface area contributed by atoms with E-state index in [2.05, 4.69) is 41.9 Å². The van der Waals surface area contributed by atoms with Gasteiger partial charge in [0.2, 0.25) is 10.2 Å². The van der Waals surface area contributed by atoms with Crippen LogP contribution in [0.3, 0.4) is 0 Å². The average molecular weight is 443 g/mol. The SMILES string of the molecule is S=C(NN=Cc1cccnc1)NN1CCN(NC(=S)N/N=C\c2cccnc2)CC1. The predicted octanol–water partition coefficient (Wildman–Crippen LogP) is 0.220. The Bertz CT molecular complexity index is 794. The van der Waals surface area contributed by atoms with E-state index in [0.717, 1.165) is 37.3 Å². The quantitative estimate of drug-likeness (QED) is 0.282. The lowest BCUT2D eigenvalue weighted by Crippen LogP contribution is -2.59. The summed E-state index contributed by atoms with van der Waals surface area (Å²) < 4.78 is 0. The molecule has 10 nitrogen and oxygen atoms in total. The summed E-state index contributed by atoms with van der Waals surface area (Å²) in [5.74, 6) is 0. The summed E-state index contributed by atoms with van der Waals surface area (Å²) in [6.45, 7) is 3.01. The van der Waals surface area contributed by atoms with Crippen molar-refractivity contribution in [1.29, 1.82) is 0 Å². The minimum Gasteiger partial charge on any atom is -0.294 e. The third-order valence-electron chi connectivity index (χ3n) is 3.93. The molecular weight excluding hydrogens is 420 g/mol. The molecule has 3 heterocycles. The van der Waals surface area contributed by atoms with Crippen molar-refractivity contribution in [1.82, 2.24) is 41.7 Å². The van der Waals surface area contributed by atoms with Crippen molar-refractivity contribution in [3.05, 3.63) is 60.2 Å². The second-order valence-electron chi connectivity index (χ2n) is 6.17. The normalized spacial score (nSPS) is 15.2. The molecule has 1 fully saturated rings. The van der Waals surface area contributed by atoms with Crippen molar-refractivity contribution in [2.45, 2.75) is 0 Å². The summed E-state index contributed by atoms with van der Waals surface area (Å²) in [7, 11) is 0. The maximum Gasteiger partial charge on any atom is 0.201 e. The Morgan fingerprint density at radius 2 is 1.23 bits per heavy atom. The summed E-state index contributed by atoms with van der Waals surface area (Å²) in [6.07, 6.45) is 10.2. The molecule has 0 spiro atoms. The zero-order valence-corrected chi connectivity index (χ0v) is 17.7. The first-order chi connectivity index (χ1) is 14.7. The van der Waals surface area contributed by atoms with Gasteiger partial charge in [-0.3, -0.25) is 31.7 Å². The van der Waals surface area contributed by atoms with Gasteiger partial charge < -0.3 is 0 Å². The van der Waals surface area contributed by atoms with E-state index in [-0.39, 0.29) is 0 Å². The molecule has 2 aromatic rings. The second kappa shape index (κ2) is 11.8. The standard InChI is InChI=1S/C18H22N10S2/c29-17(23-21-13-15-3-1-5-19-11-15)25-27-7-9-28(10-8-27)26-18(30)24-22-14-16-4-2-6-20-12-16/h1-6,11-14H,7-10H2,(H2,23,25,29)(H2,24,26,30)/b21-13-,22-14?. The highest BCUT2D eigenvalue weighted by atomic mass is 32.1. The minimum absolute atomic E-state index is 0.429. The molecule has 2 aromatic heterocycles. The van der Waals surface area contributed by atoms with Crippen LogP contribution in [-0.2, 0) is 0 Å². The van der Waals surface area contributed by atoms with Gasteiger partial charge in [0.1, 0.15) is 0 Å². The molecule has 0 saturated carbocycles. The summed E-state index contributed by atoms with van der Waals surface area (Å²) in [5, 5.41) is 13.1. The summed E-state index contributed by atoms with van der Waals surface area (Å²) in [6, 6.07) is 7.51. The topological polar surface area (TPSA) is 105 Å². The van der Waals surface area contributed by atoms with Gasteiger partial charge in [0.15, 0.2) is 0 Å². The number of thiocarbonyl (C=S) groups is 2. The van der Waals surface area contributed by atoms with Gasteiger partial charge in [-0.1, -0.05) is 12.1 Å². The fourth-order valence-electron chi connectivity index (χ4n) is 2.50. The lowest BCUT2D eigenvalue weighted by atomic mass is 10.3. The molecule has 0 amide bonds. The Morgan fingerprint density at radius 3 is 1.60 bits per heavy atom. The molecule has 0 aromatic carbocycles. The number of nitrogens with zero attached hydrogens (tertiary/aromatic N) is 6. The number of hydrogen-bond acceptors (Lipinski definition) is 8. The third kappa shape index (κ3) is 7.75. The molecule has 0 unspecified atom stereocenters. The Morgan fingerprint density at radius 1 is 0.800 bits per heavy atom. The number of hydrazone groups is 2. The number of piperazine rings is 1. The van der Waals surface area contributed by atoms with E-state index in [9.17, 15) is 0 Å². The molecular formula is C18H22N10S2. The molecule has 4 N–H and O–H groups in total. The van der Waals surface area contributed by atoms with Crippen LogP contribution in [-0.4, -0.2) is 68.8 Å². The lowest BCUT2D eigenvalue weighted by Gasteiger charge is -2.35. The average Bonchev–Trinajstić information content (AvgIpc) is 2.77. The molecule has 0 radical (unpaired) electrons. The predicted molar refractivity (Wildman–Crippen MR) is 125 cm³/mol. The zero-order valence-electron chi connectivity index (χ0n) is 16.1. The van der Waals surface area contributed by atoms with E-state index in [1.165, 1.54) is 0 Å². The van der Waals surface area contributed by atoms with Crippen LogP contribution >= 0.6 is 24.4 Å². The first-order valence-corrected chi connectivity index (χ1v) is 10.00. The van der Waals surface area contributed by atoms with Crippen molar-refractivity contribution in [2.24, 2.45) is 10.2 Å². The molecule has 0 atom stereocenters. The van der Waals surface area contributed by atoms with Crippen molar-refractivity contribution in [3.63, 3.8) is 0 Å². The van der Waals surface area contributed by atoms with Gasteiger partial charge >= 0.3 is 0 Å². The molecule has 12 heteroatoms. The van der Waals surface area contributed by atoms with Gasteiger partial charge in [-0.25, -0.2) is 10.0 Å². The largest absolute Gasteiger partial charge is 0.294 e. The maximum atomic E-state index is 5.26. The Labute approximate surface area is 185 Å². The van der Waals surface area contributed by atoms with Gasteiger partial charge in [0.05, 0.1) is 12.4 Å². The van der Waals surface area contributed by atoms with E-state index in [1.54, 1.807) is 37.2 Å². The van der Waals surface area contributed by atoms with E-state index >= 15 is 0 Å². The maximum absolute atomic E-state index is 5.26. The van der Waals surface area contributed by atoms with Gasteiger partial charge in [-0.15, -0.1) is 0 Å². The number of nitrogens with one attached hydrogen (secondary N) is 4. The van der Waals surface area contributed by atoms with E-state index < -0.39 is 0 Å². The highest BCUT2D eigenvalue weighted by Crippen LogP contribution is 1.96. The third-order valence-corrected chi connectivity index (χ3v) is 4.29. The van der Waals surface area contributed by atoms with Gasteiger partial charge in [0.25, 0.3) is 0 Å². The number of aromatic nitrogens is 2. The molecule has 30 heavy (non-hydrogen) atoms. The van der Waals surface area contributed by atoms with E-state index in [4.69, 9.17) is 24.4 Å². The minimum atomic E-state index is 0.429. The molecule has 156 valence electrons. The van der Waals surface area contributed by atoms with Crippen LogP contribution in [0.15, 0.2) is 59.3 Å². The smallest absolute Gasteiger partial charge is 0.201 e. The van der Waals surface area contributed by atoms with Crippen LogP contribution in [0, 0.1) is 0 Å². The first-order valence-electron chi connectivity index (χ1n) is 9.18. The van der Waals surface area contributed by atoms with Crippen molar-refractivity contribution in [3.8, 4) is 0 Å². The van der Waals surface area contributed by atoms with Crippen molar-refractivity contribution < 1.29 is 0 Å². The van der Waals surface area contributed by atoms with Crippen LogP contribution in [0.2, 0.25) is 0 Å². The van der Waals surface area contributed by atoms with E-state index in [1.807, 2.05) is 34.3 Å². The highest BCUT2D eigenvalue weighted by molar-refractivity contribution is 7.80. The van der Waals surface area contributed by atoms with Crippen LogP contribution in [0.25, 0.3) is 0 Å². The summed E-state index contributed by atoms with van der Waals surface area (Å²) >= 11 is 10.5. The zero-order chi connectivity index (χ0) is 21.0. The Hall–Kier alpha value is -3.06. The Kier molecular flexibility index (Phi) is 8.53. The number of hydrogen-bond donors (Lipinski definition) is 4. The number of hydrazine groups is 2. The summed E-state index contributed by atoms with van der Waals surface area (Å²) in [5.41, 5.74) is 13.6. The molecule has 0 aliphatic carbocycles. The van der Waals surface area contributed by atoms with E-state index in [0.29, 0.717) is 10.2 Å². The fraction of sp³-hybridized carbons (Fsp3) is 0.222. The number of rotatable bonds is 6. The number of pyridine rings is 2. The Balaban J connectivity index is 1.31. The van der Waals surface area contributed by atoms with Crippen LogP contribution in [0.5, 0.6) is 0 Å². The second-order valence-corrected chi connectivity index (χ2v) is 6.99. The monoisotopic (exact) mass is 442 g/mol. The van der Waals surface area contributed by atoms with Crippen molar-refractivity contribution in [2.75, 3.05) is 26.2 Å². The van der Waals surface area contributed by atoms with Gasteiger partial charge in [-0.2, -0.15) is 10.2 Å². The summed E-state index contributed by atoms with van der Waals surface area (Å²) in [4.78, 5) is 8.05. The molecule has 1 aliphatic rings. The van der Waals surface area contributed by atoms with Crippen LogP contribution in [0.1, 0.15) is 11.1 Å². The fourth-order valence-corrected chi connectivity index (χ4v) is 2.87. The molecule has 1 aliphatic heterocycles. The van der Waals surface area contributed by atoms with Crippen LogP contribution < -0.4 is 21.7 Å². The molecule has 1 saturated heterocycles. The van der Waals surface area contributed by atoms with Gasteiger partial charge in [-0.05, 0) is 36.6 Å². The molecule has 0 bridgehead atoms. The van der Waals surface area contributed by atoms with Gasteiger partial charge in [0, 0.05) is 62.1 Å².